The average molecular weight is 893 g/mol. The van der Waals surface area contributed by atoms with E-state index >= 15 is 0 Å². The standard InChI is InChI=1S/C35H60N2O24/c1-10-20(36-11(2)42)25(48)30(16(7-40)54-10)60-33-21(37-12(3)43)26(49)31(17(8-41)57-33)61-35-29(52)32(59-19-4-13(44)22(45)14(5-38)55-19)24(47)18(58-35)9-53-34-28(51)27(50)23(46)15(6-39)56-34/h10,13-35,38-41,44-52H,4-9H2,1-3H3,(H,36,42)(H,37,43)/t10-,13?,14?,15?,16?,17?,18?,19+,20?,21?,22-,23+,24+,25+,26+,27-,28?,29?,30+,31+,32-,33-,34-,35-/m0/s1. The number of ether oxygens (including phenoxy) is 9. The number of aliphatic hydroxyl groups is 13. The summed E-state index contributed by atoms with van der Waals surface area (Å²) in [4.78, 5) is 24.4. The molecule has 5 aliphatic heterocycles. The van der Waals surface area contributed by atoms with Gasteiger partial charge in [0.05, 0.1) is 51.3 Å². The summed E-state index contributed by atoms with van der Waals surface area (Å²) < 4.78 is 52.0. The van der Waals surface area contributed by atoms with Crippen LogP contribution in [0.5, 0.6) is 0 Å². The summed E-state index contributed by atoms with van der Waals surface area (Å²) in [7, 11) is 0. The Hall–Kier alpha value is -1.94. The number of hydrogen-bond acceptors (Lipinski definition) is 24. The molecule has 61 heavy (non-hydrogen) atoms. The molecule has 10 unspecified atom stereocenters. The predicted molar refractivity (Wildman–Crippen MR) is 192 cm³/mol. The van der Waals surface area contributed by atoms with Gasteiger partial charge in [-0.05, 0) is 6.92 Å². The van der Waals surface area contributed by atoms with Crippen LogP contribution in [0.15, 0.2) is 0 Å². The number of rotatable bonds is 15. The molecule has 15 N–H and O–H groups in total. The highest BCUT2D eigenvalue weighted by atomic mass is 16.8. The molecule has 5 fully saturated rings. The molecule has 0 spiro atoms. The third-order valence-corrected chi connectivity index (χ3v) is 11.3. The Morgan fingerprint density at radius 2 is 1.02 bits per heavy atom. The van der Waals surface area contributed by atoms with Gasteiger partial charge in [-0.3, -0.25) is 9.59 Å². The van der Waals surface area contributed by atoms with Crippen LogP contribution >= 0.6 is 0 Å². The fourth-order valence-corrected chi connectivity index (χ4v) is 7.98. The van der Waals surface area contributed by atoms with Crippen molar-refractivity contribution in [3.63, 3.8) is 0 Å². The summed E-state index contributed by atoms with van der Waals surface area (Å²) in [6.45, 7) is -0.0939. The molecule has 5 rings (SSSR count). The zero-order valence-corrected chi connectivity index (χ0v) is 33.4. The lowest BCUT2D eigenvalue weighted by Gasteiger charge is -2.50. The van der Waals surface area contributed by atoms with Gasteiger partial charge in [0.1, 0.15) is 104 Å². The molecule has 26 nitrogen and oxygen atoms in total. The van der Waals surface area contributed by atoms with E-state index in [4.69, 9.17) is 42.6 Å². The first-order valence-corrected chi connectivity index (χ1v) is 19.8. The second-order valence-electron chi connectivity index (χ2n) is 15.7. The van der Waals surface area contributed by atoms with Crippen molar-refractivity contribution in [3.8, 4) is 0 Å². The topological polar surface area (TPSA) is 404 Å². The van der Waals surface area contributed by atoms with Gasteiger partial charge in [0.15, 0.2) is 25.2 Å². The van der Waals surface area contributed by atoms with E-state index in [-0.39, 0.29) is 0 Å². The molecular weight excluding hydrogens is 832 g/mol. The van der Waals surface area contributed by atoms with Crippen LogP contribution in [0.4, 0.5) is 0 Å². The van der Waals surface area contributed by atoms with E-state index in [0.29, 0.717) is 0 Å². The van der Waals surface area contributed by atoms with Gasteiger partial charge >= 0.3 is 0 Å². The van der Waals surface area contributed by atoms with E-state index in [1.165, 1.54) is 13.8 Å². The molecule has 5 aliphatic rings. The molecule has 0 aromatic carbocycles. The first kappa shape index (κ1) is 50.1. The lowest BCUT2D eigenvalue weighted by molar-refractivity contribution is -0.376. The van der Waals surface area contributed by atoms with E-state index in [2.05, 4.69) is 10.6 Å². The fraction of sp³-hybridized carbons (Fsp3) is 0.943. The molecule has 24 atom stereocenters. The summed E-state index contributed by atoms with van der Waals surface area (Å²) in [5.74, 6) is -1.25. The Bertz CT molecular complexity index is 1410. The van der Waals surface area contributed by atoms with Gasteiger partial charge in [0.2, 0.25) is 11.8 Å². The van der Waals surface area contributed by atoms with E-state index in [0.717, 1.165) is 6.92 Å². The smallest absolute Gasteiger partial charge is 0.217 e. The Morgan fingerprint density at radius 1 is 0.508 bits per heavy atom. The van der Waals surface area contributed by atoms with Gasteiger partial charge in [-0.25, -0.2) is 0 Å². The summed E-state index contributed by atoms with van der Waals surface area (Å²) in [6.07, 6.45) is -36.1. The summed E-state index contributed by atoms with van der Waals surface area (Å²) in [5, 5.41) is 143. The lowest BCUT2D eigenvalue weighted by Crippen LogP contribution is -2.70. The molecule has 5 heterocycles. The quantitative estimate of drug-likeness (QED) is 0.0726. The van der Waals surface area contributed by atoms with Crippen LogP contribution in [0.3, 0.4) is 0 Å². The number of carbonyl (C=O) groups is 2. The highest BCUT2D eigenvalue weighted by molar-refractivity contribution is 5.73. The predicted octanol–water partition coefficient (Wildman–Crippen LogP) is -9.54. The molecule has 0 aromatic rings. The first-order valence-electron chi connectivity index (χ1n) is 19.8. The number of carbonyl (C=O) groups excluding carboxylic acids is 2. The van der Waals surface area contributed by atoms with E-state index in [1.807, 2.05) is 0 Å². The van der Waals surface area contributed by atoms with Gasteiger partial charge in [-0.15, -0.1) is 0 Å². The van der Waals surface area contributed by atoms with Crippen molar-refractivity contribution in [1.29, 1.82) is 0 Å². The van der Waals surface area contributed by atoms with Gasteiger partial charge < -0.3 is 120 Å². The number of hydrogen-bond donors (Lipinski definition) is 15. The fourth-order valence-electron chi connectivity index (χ4n) is 7.98. The van der Waals surface area contributed by atoms with Gasteiger partial charge in [-0.2, -0.15) is 0 Å². The van der Waals surface area contributed by atoms with Crippen LogP contribution in [-0.4, -0.2) is 258 Å². The normalized spacial score (nSPS) is 48.3. The van der Waals surface area contributed by atoms with Gasteiger partial charge in [-0.1, -0.05) is 0 Å². The monoisotopic (exact) mass is 892 g/mol. The second-order valence-corrected chi connectivity index (χ2v) is 15.7. The second kappa shape index (κ2) is 21.8. The molecule has 5 saturated heterocycles. The molecule has 0 radical (unpaired) electrons. The SMILES string of the molecule is CC(=O)NC1[C@H](O[C@@H]2C(CO)O[C@@H](C)C(NC(C)=O)[C@H]2O)OC(CO)[C@@H](O[C@@H]2OC(CO[C@H]3OC(CO)[C@@H](O)[C@H](O)C3O)[C@@H](O)[C@H](O[C@@H]3CC(O)[C@H](O)C(CO)O3)C2O)[C@@H]1O. The van der Waals surface area contributed by atoms with Crippen molar-refractivity contribution in [2.24, 2.45) is 0 Å². The van der Waals surface area contributed by atoms with Gasteiger partial charge in [0, 0.05) is 20.3 Å². The number of nitrogens with one attached hydrogen (secondary N) is 2. The minimum absolute atomic E-state index is 0.421. The van der Waals surface area contributed by atoms with Crippen LogP contribution in [0.1, 0.15) is 27.2 Å². The third-order valence-electron chi connectivity index (χ3n) is 11.3. The van der Waals surface area contributed by atoms with E-state index < -0.39 is 198 Å². The minimum Gasteiger partial charge on any atom is -0.394 e. The highest BCUT2D eigenvalue weighted by Crippen LogP contribution is 2.35. The zero-order chi connectivity index (χ0) is 45.0. The summed E-state index contributed by atoms with van der Waals surface area (Å²) >= 11 is 0. The van der Waals surface area contributed by atoms with Crippen LogP contribution in [0.2, 0.25) is 0 Å². The van der Waals surface area contributed by atoms with Crippen molar-refractivity contribution in [3.05, 3.63) is 0 Å². The van der Waals surface area contributed by atoms with Crippen molar-refractivity contribution < 1.29 is 119 Å². The Balaban J connectivity index is 1.40. The zero-order valence-electron chi connectivity index (χ0n) is 33.4. The van der Waals surface area contributed by atoms with Crippen molar-refractivity contribution in [1.82, 2.24) is 10.6 Å². The Labute approximate surface area is 348 Å². The van der Waals surface area contributed by atoms with E-state index in [1.54, 1.807) is 0 Å². The van der Waals surface area contributed by atoms with Crippen LogP contribution in [0.25, 0.3) is 0 Å². The maximum absolute atomic E-state index is 12.5. The molecule has 354 valence electrons. The number of aliphatic hydroxyl groups excluding tert-OH is 13. The third kappa shape index (κ3) is 11.3. The van der Waals surface area contributed by atoms with Crippen molar-refractivity contribution >= 4 is 11.8 Å². The van der Waals surface area contributed by atoms with Crippen LogP contribution < -0.4 is 10.6 Å². The largest absolute Gasteiger partial charge is 0.394 e. The highest BCUT2D eigenvalue weighted by Gasteiger charge is 2.55. The molecule has 0 saturated carbocycles. The average Bonchev–Trinajstić information content (AvgIpc) is 3.22. The molecule has 2 amide bonds. The maximum atomic E-state index is 12.5. The van der Waals surface area contributed by atoms with Crippen molar-refractivity contribution in [2.45, 2.75) is 174 Å². The molecule has 0 bridgehead atoms. The molecular formula is C35H60N2O24. The molecule has 0 aliphatic carbocycles. The Morgan fingerprint density at radius 3 is 1.61 bits per heavy atom. The molecule has 26 heteroatoms. The number of amides is 2. The van der Waals surface area contributed by atoms with Crippen LogP contribution in [-0.2, 0) is 52.2 Å². The lowest BCUT2D eigenvalue weighted by atomic mass is 9.92. The summed E-state index contributed by atoms with van der Waals surface area (Å²) in [6, 6.07) is -2.63. The molecule has 0 aromatic heterocycles. The first-order chi connectivity index (χ1) is 28.8. The summed E-state index contributed by atoms with van der Waals surface area (Å²) in [5.41, 5.74) is 0. The van der Waals surface area contributed by atoms with Gasteiger partial charge in [0.25, 0.3) is 0 Å². The van der Waals surface area contributed by atoms with Crippen LogP contribution in [0, 0.1) is 0 Å². The minimum atomic E-state index is -2.04. The Kier molecular flexibility index (Phi) is 17.9. The van der Waals surface area contributed by atoms with Crippen molar-refractivity contribution in [2.75, 3.05) is 33.0 Å². The van der Waals surface area contributed by atoms with E-state index in [9.17, 15) is 76.0 Å². The maximum Gasteiger partial charge on any atom is 0.217 e.